The predicted octanol–water partition coefficient (Wildman–Crippen LogP) is 3.08. The normalized spacial score (nSPS) is 19.6. The highest BCUT2D eigenvalue weighted by atomic mass is 35.6. The van der Waals surface area contributed by atoms with Gasteiger partial charge in [0.1, 0.15) is 0 Å². The summed E-state index contributed by atoms with van der Waals surface area (Å²) in [5, 5.41) is 0. The summed E-state index contributed by atoms with van der Waals surface area (Å²) < 4.78 is -1.13. The largest absolute Gasteiger partial charge is 0.212 e. The van der Waals surface area contributed by atoms with Crippen LogP contribution in [0.1, 0.15) is 12.8 Å². The Balaban J connectivity index is 2.59. The second-order valence-corrected chi connectivity index (χ2v) is 4.05. The van der Waals surface area contributed by atoms with E-state index >= 15 is 0 Å². The number of hydrogen-bond donors (Lipinski definition) is 0. The van der Waals surface area contributed by atoms with Gasteiger partial charge in [-0.1, -0.05) is 40.9 Å². The molecule has 0 amide bonds. The van der Waals surface area contributed by atoms with E-state index in [9.17, 15) is 0 Å². The first kappa shape index (κ1) is 6.73. The summed E-state index contributed by atoms with van der Waals surface area (Å²) in [6.45, 7) is 0. The minimum Gasteiger partial charge on any atom is -0.0808 e. The molecule has 0 radical (unpaired) electrons. The van der Waals surface area contributed by atoms with Crippen LogP contribution in [-0.4, -0.2) is 3.79 Å². The van der Waals surface area contributed by atoms with E-state index in [4.69, 9.17) is 34.8 Å². The first-order valence-corrected chi connectivity index (χ1v) is 3.50. The molecule has 0 heterocycles. The number of rotatable bonds is 0. The fraction of sp³-hybridized carbons (Fsp3) is 0.600. The molecule has 0 aromatic rings. The van der Waals surface area contributed by atoms with Gasteiger partial charge in [0, 0.05) is 0 Å². The molecule has 1 aliphatic rings. The molecule has 0 aliphatic heterocycles. The smallest absolute Gasteiger partial charge is 0.0808 e. The van der Waals surface area contributed by atoms with Gasteiger partial charge >= 0.3 is 0 Å². The fourth-order valence-corrected chi connectivity index (χ4v) is 1.06. The maximum atomic E-state index is 5.50. The minimum absolute atomic E-state index is 0.933. The van der Waals surface area contributed by atoms with Crippen LogP contribution in [0.3, 0.4) is 0 Å². The molecular weight excluding hydrogens is 166 g/mol. The lowest BCUT2D eigenvalue weighted by atomic mass is 10.0. The third kappa shape index (κ3) is 1.31. The monoisotopic (exact) mass is 170 g/mol. The summed E-state index contributed by atoms with van der Waals surface area (Å²) >= 11 is 16.5. The first-order chi connectivity index (χ1) is 3.61. The summed E-state index contributed by atoms with van der Waals surface area (Å²) in [5.41, 5.74) is 0.933. The van der Waals surface area contributed by atoms with Crippen molar-refractivity contribution in [2.75, 3.05) is 0 Å². The van der Waals surface area contributed by atoms with Crippen LogP contribution in [0.25, 0.3) is 0 Å². The molecule has 0 aromatic carbocycles. The highest BCUT2D eigenvalue weighted by Crippen LogP contribution is 2.41. The van der Waals surface area contributed by atoms with Crippen LogP contribution < -0.4 is 0 Å². The molecule has 0 aromatic heterocycles. The summed E-state index contributed by atoms with van der Waals surface area (Å²) in [6, 6.07) is 0. The Labute approximate surface area is 63.4 Å². The highest BCUT2D eigenvalue weighted by molar-refractivity contribution is 6.69. The van der Waals surface area contributed by atoms with Crippen LogP contribution in [0, 0.1) is 0 Å². The Kier molecular flexibility index (Phi) is 1.76. The number of allylic oxidation sites excluding steroid dienone is 2. The van der Waals surface area contributed by atoms with Gasteiger partial charge in [-0.25, -0.2) is 0 Å². The lowest BCUT2D eigenvalue weighted by molar-refractivity contribution is 0.845. The van der Waals surface area contributed by atoms with Crippen LogP contribution >= 0.6 is 34.8 Å². The zero-order valence-electron chi connectivity index (χ0n) is 4.13. The molecule has 0 saturated carbocycles. The molecule has 46 valence electrons. The molecule has 0 spiro atoms. The van der Waals surface area contributed by atoms with Gasteiger partial charge in [-0.15, -0.1) is 0 Å². The van der Waals surface area contributed by atoms with E-state index in [-0.39, 0.29) is 0 Å². The van der Waals surface area contributed by atoms with Gasteiger partial charge in [0.15, 0.2) is 0 Å². The zero-order valence-corrected chi connectivity index (χ0v) is 6.39. The Morgan fingerprint density at radius 2 is 1.88 bits per heavy atom. The van der Waals surface area contributed by atoms with E-state index in [1.54, 1.807) is 0 Å². The molecule has 1 rings (SSSR count). The summed E-state index contributed by atoms with van der Waals surface area (Å²) in [4.78, 5) is 0. The van der Waals surface area contributed by atoms with E-state index in [0.29, 0.717) is 0 Å². The van der Waals surface area contributed by atoms with Gasteiger partial charge in [-0.3, -0.25) is 0 Å². The quantitative estimate of drug-likeness (QED) is 0.388. The second-order valence-electron chi connectivity index (χ2n) is 1.77. The lowest BCUT2D eigenvalue weighted by Gasteiger charge is -2.21. The number of alkyl halides is 3. The van der Waals surface area contributed by atoms with Crippen molar-refractivity contribution in [3.05, 3.63) is 11.6 Å². The average molecular weight is 171 g/mol. The van der Waals surface area contributed by atoms with E-state index in [1.807, 2.05) is 6.08 Å². The third-order valence-corrected chi connectivity index (χ3v) is 1.90. The average Bonchev–Trinajstić information content (AvgIpc) is 1.16. The first-order valence-electron chi connectivity index (χ1n) is 2.37. The van der Waals surface area contributed by atoms with Gasteiger partial charge in [-0.05, 0) is 18.4 Å². The number of halogens is 3. The molecule has 0 unspecified atom stereocenters. The van der Waals surface area contributed by atoms with Gasteiger partial charge < -0.3 is 0 Å². The van der Waals surface area contributed by atoms with Crippen molar-refractivity contribution in [1.29, 1.82) is 0 Å². The summed E-state index contributed by atoms with van der Waals surface area (Å²) in [6.07, 6.45) is 3.95. The van der Waals surface area contributed by atoms with Crippen molar-refractivity contribution in [2.45, 2.75) is 16.6 Å². The van der Waals surface area contributed by atoms with Gasteiger partial charge in [0.05, 0.1) is 0 Å². The summed E-state index contributed by atoms with van der Waals surface area (Å²) in [7, 11) is 0. The standard InChI is InChI=1S/C5H5Cl3/c6-5(7,8)4-2-1-3-4/h2H,1,3H2. The maximum absolute atomic E-state index is 5.50. The maximum Gasteiger partial charge on any atom is 0.212 e. The van der Waals surface area contributed by atoms with Crippen LogP contribution in [0.2, 0.25) is 0 Å². The molecule has 0 fully saturated rings. The molecule has 1 aliphatic carbocycles. The molecule has 0 saturated heterocycles. The van der Waals surface area contributed by atoms with Crippen LogP contribution in [0.15, 0.2) is 11.6 Å². The summed E-state index contributed by atoms with van der Waals surface area (Å²) in [5.74, 6) is 0. The van der Waals surface area contributed by atoms with Crippen molar-refractivity contribution in [3.8, 4) is 0 Å². The Morgan fingerprint density at radius 3 is 1.88 bits per heavy atom. The molecule has 0 bridgehead atoms. The highest BCUT2D eigenvalue weighted by Gasteiger charge is 2.28. The molecule has 0 atom stereocenters. The van der Waals surface area contributed by atoms with Crippen molar-refractivity contribution in [1.82, 2.24) is 0 Å². The Morgan fingerprint density at radius 1 is 1.38 bits per heavy atom. The zero-order chi connectivity index (χ0) is 6.20. The SMILES string of the molecule is ClC(Cl)(Cl)C1=CCC1. The van der Waals surface area contributed by atoms with Crippen LogP contribution in [-0.2, 0) is 0 Å². The topological polar surface area (TPSA) is 0 Å². The van der Waals surface area contributed by atoms with Gasteiger partial charge in [0.2, 0.25) is 3.79 Å². The third-order valence-electron chi connectivity index (χ3n) is 1.17. The van der Waals surface area contributed by atoms with Crippen LogP contribution in [0.5, 0.6) is 0 Å². The van der Waals surface area contributed by atoms with Crippen molar-refractivity contribution in [2.24, 2.45) is 0 Å². The Hall–Kier alpha value is 0.610. The molecule has 0 N–H and O–H groups in total. The van der Waals surface area contributed by atoms with Crippen molar-refractivity contribution < 1.29 is 0 Å². The van der Waals surface area contributed by atoms with Gasteiger partial charge in [0.25, 0.3) is 0 Å². The van der Waals surface area contributed by atoms with E-state index in [2.05, 4.69) is 0 Å². The van der Waals surface area contributed by atoms with E-state index in [0.717, 1.165) is 18.4 Å². The van der Waals surface area contributed by atoms with E-state index in [1.165, 1.54) is 0 Å². The lowest BCUT2D eigenvalue weighted by Crippen LogP contribution is -2.11. The molecule has 0 nitrogen and oxygen atoms in total. The predicted molar refractivity (Wildman–Crippen MR) is 37.6 cm³/mol. The second kappa shape index (κ2) is 2.09. The fourth-order valence-electron chi connectivity index (χ4n) is 0.546. The van der Waals surface area contributed by atoms with Crippen molar-refractivity contribution in [3.63, 3.8) is 0 Å². The Bertz CT molecular complexity index is 120. The van der Waals surface area contributed by atoms with Crippen molar-refractivity contribution >= 4 is 34.8 Å². The number of hydrogen-bond acceptors (Lipinski definition) is 0. The minimum atomic E-state index is -1.13. The molecule has 8 heavy (non-hydrogen) atoms. The van der Waals surface area contributed by atoms with Crippen LogP contribution in [0.4, 0.5) is 0 Å². The van der Waals surface area contributed by atoms with E-state index < -0.39 is 3.79 Å². The molecule has 3 heteroatoms. The molecular formula is C5H5Cl3. The van der Waals surface area contributed by atoms with Gasteiger partial charge in [-0.2, -0.15) is 0 Å².